The smallest absolute Gasteiger partial charge is 0.130 e. The Kier molecular flexibility index (Phi) is 3.80. The monoisotopic (exact) mass is 309 g/mol. The largest absolute Gasteiger partial charge is 0.496 e. The molecular weight excluding hydrogens is 286 g/mol. The Bertz CT molecular complexity index is 818. The lowest BCUT2D eigenvalue weighted by Gasteiger charge is -2.25. The SMILES string of the molecule is COc1cccc(OC)c1-c1cc2cc[nH]c2cc1C(C)(C)C. The zero-order valence-electron chi connectivity index (χ0n) is 14.4. The number of aromatic amines is 1. The maximum absolute atomic E-state index is 5.62. The fraction of sp³-hybridized carbons (Fsp3) is 0.300. The van der Waals surface area contributed by atoms with Gasteiger partial charge in [0, 0.05) is 11.7 Å². The van der Waals surface area contributed by atoms with Crippen LogP contribution in [0, 0.1) is 0 Å². The average Bonchev–Trinajstić information content (AvgIpc) is 2.99. The minimum Gasteiger partial charge on any atom is -0.496 e. The third-order valence-electron chi connectivity index (χ3n) is 4.20. The van der Waals surface area contributed by atoms with Crippen LogP contribution >= 0.6 is 0 Å². The van der Waals surface area contributed by atoms with Gasteiger partial charge in [0.25, 0.3) is 0 Å². The lowest BCUT2D eigenvalue weighted by molar-refractivity contribution is 0.397. The summed E-state index contributed by atoms with van der Waals surface area (Å²) in [5, 5.41) is 1.18. The molecule has 0 amide bonds. The molecule has 0 radical (unpaired) electrons. The zero-order valence-corrected chi connectivity index (χ0v) is 14.4. The van der Waals surface area contributed by atoms with Crippen LogP contribution in [0.1, 0.15) is 26.3 Å². The van der Waals surface area contributed by atoms with Crippen molar-refractivity contribution in [2.24, 2.45) is 0 Å². The highest BCUT2D eigenvalue weighted by Gasteiger charge is 2.23. The van der Waals surface area contributed by atoms with E-state index in [1.165, 1.54) is 10.9 Å². The van der Waals surface area contributed by atoms with Gasteiger partial charge in [-0.1, -0.05) is 26.8 Å². The van der Waals surface area contributed by atoms with E-state index in [-0.39, 0.29) is 5.41 Å². The molecule has 3 nitrogen and oxygen atoms in total. The standard InChI is InChI=1S/C20H23NO2/c1-20(2,3)15-12-16-13(9-10-21-16)11-14(15)19-17(22-4)7-6-8-18(19)23-5/h6-12,21H,1-5H3. The number of rotatable bonds is 3. The molecule has 120 valence electrons. The summed E-state index contributed by atoms with van der Waals surface area (Å²) < 4.78 is 11.2. The van der Waals surface area contributed by atoms with E-state index in [2.05, 4.69) is 44.0 Å². The van der Waals surface area contributed by atoms with E-state index in [9.17, 15) is 0 Å². The van der Waals surface area contributed by atoms with Crippen molar-refractivity contribution in [2.45, 2.75) is 26.2 Å². The van der Waals surface area contributed by atoms with Crippen LogP contribution in [0.25, 0.3) is 22.0 Å². The number of benzene rings is 2. The number of fused-ring (bicyclic) bond motifs is 1. The van der Waals surface area contributed by atoms with Crippen LogP contribution in [0.4, 0.5) is 0 Å². The highest BCUT2D eigenvalue weighted by atomic mass is 16.5. The molecule has 0 fully saturated rings. The first kappa shape index (κ1) is 15.5. The molecule has 3 aromatic rings. The Labute approximate surface area is 137 Å². The van der Waals surface area contributed by atoms with E-state index in [0.29, 0.717) is 0 Å². The molecule has 0 spiro atoms. The molecule has 0 aliphatic rings. The number of nitrogens with one attached hydrogen (secondary N) is 1. The van der Waals surface area contributed by atoms with Crippen molar-refractivity contribution in [1.29, 1.82) is 0 Å². The minimum atomic E-state index is 0.000494. The van der Waals surface area contributed by atoms with Gasteiger partial charge in [-0.05, 0) is 52.3 Å². The second-order valence-corrected chi connectivity index (χ2v) is 6.75. The molecule has 1 aromatic heterocycles. The molecule has 0 atom stereocenters. The van der Waals surface area contributed by atoms with Crippen molar-refractivity contribution in [3.63, 3.8) is 0 Å². The van der Waals surface area contributed by atoms with Gasteiger partial charge in [-0.15, -0.1) is 0 Å². The summed E-state index contributed by atoms with van der Waals surface area (Å²) in [6.07, 6.45) is 1.97. The predicted molar refractivity (Wildman–Crippen MR) is 95.5 cm³/mol. The first-order chi connectivity index (χ1) is 11.0. The molecule has 0 saturated carbocycles. The van der Waals surface area contributed by atoms with E-state index < -0.39 is 0 Å². The fourth-order valence-corrected chi connectivity index (χ4v) is 3.04. The summed E-state index contributed by atoms with van der Waals surface area (Å²) in [7, 11) is 3.40. The van der Waals surface area contributed by atoms with Crippen molar-refractivity contribution in [2.75, 3.05) is 14.2 Å². The Balaban J connectivity index is 2.39. The normalized spacial score (nSPS) is 11.7. The van der Waals surface area contributed by atoms with Crippen LogP contribution < -0.4 is 9.47 Å². The van der Waals surface area contributed by atoms with Gasteiger partial charge >= 0.3 is 0 Å². The van der Waals surface area contributed by atoms with Crippen LogP contribution in [-0.4, -0.2) is 19.2 Å². The number of aromatic nitrogens is 1. The Morgan fingerprint density at radius 1 is 0.913 bits per heavy atom. The van der Waals surface area contributed by atoms with E-state index in [4.69, 9.17) is 9.47 Å². The predicted octanol–water partition coefficient (Wildman–Crippen LogP) is 5.15. The molecule has 1 N–H and O–H groups in total. The summed E-state index contributed by atoms with van der Waals surface area (Å²) in [5.74, 6) is 1.65. The van der Waals surface area contributed by atoms with Gasteiger partial charge in [0.15, 0.2) is 0 Å². The highest BCUT2D eigenvalue weighted by Crippen LogP contribution is 2.44. The van der Waals surface area contributed by atoms with Gasteiger partial charge in [0.05, 0.1) is 19.8 Å². The summed E-state index contributed by atoms with van der Waals surface area (Å²) in [5.41, 5.74) is 4.56. The van der Waals surface area contributed by atoms with Crippen molar-refractivity contribution < 1.29 is 9.47 Å². The number of methoxy groups -OCH3 is 2. The first-order valence-electron chi connectivity index (χ1n) is 7.78. The van der Waals surface area contributed by atoms with Crippen LogP contribution in [0.15, 0.2) is 42.6 Å². The summed E-state index contributed by atoms with van der Waals surface area (Å²) in [6, 6.07) is 12.4. The second kappa shape index (κ2) is 5.65. The lowest BCUT2D eigenvalue weighted by Crippen LogP contribution is -2.13. The van der Waals surface area contributed by atoms with Crippen LogP contribution in [0.5, 0.6) is 11.5 Å². The van der Waals surface area contributed by atoms with E-state index in [1.807, 2.05) is 24.4 Å². The average molecular weight is 309 g/mol. The van der Waals surface area contributed by atoms with E-state index >= 15 is 0 Å². The lowest BCUT2D eigenvalue weighted by atomic mass is 9.81. The van der Waals surface area contributed by atoms with Crippen molar-refractivity contribution in [3.8, 4) is 22.6 Å². The maximum Gasteiger partial charge on any atom is 0.130 e. The molecule has 2 aromatic carbocycles. The van der Waals surface area contributed by atoms with E-state index in [0.717, 1.165) is 28.1 Å². The first-order valence-corrected chi connectivity index (χ1v) is 7.78. The summed E-state index contributed by atoms with van der Waals surface area (Å²) >= 11 is 0. The third kappa shape index (κ3) is 2.67. The topological polar surface area (TPSA) is 34.2 Å². The Morgan fingerprint density at radius 2 is 1.57 bits per heavy atom. The van der Waals surface area contributed by atoms with Gasteiger partial charge in [-0.2, -0.15) is 0 Å². The van der Waals surface area contributed by atoms with Gasteiger partial charge in [0.1, 0.15) is 11.5 Å². The Hall–Kier alpha value is -2.42. The van der Waals surface area contributed by atoms with Gasteiger partial charge in [-0.3, -0.25) is 0 Å². The van der Waals surface area contributed by atoms with Crippen molar-refractivity contribution in [3.05, 3.63) is 48.2 Å². The maximum atomic E-state index is 5.62. The molecule has 0 saturated heterocycles. The van der Waals surface area contributed by atoms with E-state index in [1.54, 1.807) is 14.2 Å². The molecule has 0 aliphatic heterocycles. The molecule has 3 heteroatoms. The van der Waals surface area contributed by atoms with Crippen molar-refractivity contribution in [1.82, 2.24) is 4.98 Å². The summed E-state index contributed by atoms with van der Waals surface area (Å²) in [6.45, 7) is 6.67. The molecule has 0 aliphatic carbocycles. The number of H-pyrrole nitrogens is 1. The molecule has 0 bridgehead atoms. The fourth-order valence-electron chi connectivity index (χ4n) is 3.04. The van der Waals surface area contributed by atoms with Crippen LogP contribution in [0.3, 0.4) is 0 Å². The highest BCUT2D eigenvalue weighted by molar-refractivity contribution is 5.90. The quantitative estimate of drug-likeness (QED) is 0.726. The number of hydrogen-bond acceptors (Lipinski definition) is 2. The van der Waals surface area contributed by atoms with Gasteiger partial charge in [-0.25, -0.2) is 0 Å². The molecule has 23 heavy (non-hydrogen) atoms. The molecule has 3 rings (SSSR count). The zero-order chi connectivity index (χ0) is 16.6. The third-order valence-corrected chi connectivity index (χ3v) is 4.20. The van der Waals surface area contributed by atoms with Crippen molar-refractivity contribution >= 4 is 10.9 Å². The van der Waals surface area contributed by atoms with Crippen LogP contribution in [0.2, 0.25) is 0 Å². The second-order valence-electron chi connectivity index (χ2n) is 6.75. The van der Waals surface area contributed by atoms with Gasteiger partial charge in [0.2, 0.25) is 0 Å². The van der Waals surface area contributed by atoms with Crippen LogP contribution in [-0.2, 0) is 5.41 Å². The summed E-state index contributed by atoms with van der Waals surface area (Å²) in [4.78, 5) is 3.31. The molecule has 0 unspecified atom stereocenters. The molecule has 1 heterocycles. The van der Waals surface area contributed by atoms with Gasteiger partial charge < -0.3 is 14.5 Å². The minimum absolute atomic E-state index is 0.000494. The number of hydrogen-bond donors (Lipinski definition) is 1. The Morgan fingerprint density at radius 3 is 2.13 bits per heavy atom. The molecular formula is C20H23NO2. The number of ether oxygens (including phenoxy) is 2.